The second-order valence-corrected chi connectivity index (χ2v) is 7.01. The van der Waals surface area contributed by atoms with Gasteiger partial charge in [0.2, 0.25) is 5.91 Å². The number of thiazole rings is 1. The summed E-state index contributed by atoms with van der Waals surface area (Å²) in [5.41, 5.74) is 2.41. The molecule has 0 radical (unpaired) electrons. The van der Waals surface area contributed by atoms with E-state index in [1.807, 2.05) is 45.2 Å². The lowest BCUT2D eigenvalue weighted by molar-refractivity contribution is -0.131. The van der Waals surface area contributed by atoms with Gasteiger partial charge < -0.3 is 9.42 Å². The van der Waals surface area contributed by atoms with Crippen LogP contribution in [-0.4, -0.2) is 28.0 Å². The van der Waals surface area contributed by atoms with E-state index in [0.717, 1.165) is 27.4 Å². The molecule has 2 heterocycles. The van der Waals surface area contributed by atoms with Gasteiger partial charge in [0.15, 0.2) is 5.58 Å². The number of carbonyl (C=O) groups is 1. The van der Waals surface area contributed by atoms with Crippen molar-refractivity contribution in [2.45, 2.75) is 39.7 Å². The van der Waals surface area contributed by atoms with Crippen molar-refractivity contribution in [3.8, 4) is 0 Å². The number of para-hydroxylation sites is 1. The van der Waals surface area contributed by atoms with Crippen molar-refractivity contribution in [2.75, 3.05) is 7.05 Å². The number of hydrogen-bond donors (Lipinski definition) is 0. The van der Waals surface area contributed by atoms with Crippen molar-refractivity contribution in [3.63, 3.8) is 0 Å². The van der Waals surface area contributed by atoms with Crippen LogP contribution in [0.3, 0.4) is 0 Å². The summed E-state index contributed by atoms with van der Waals surface area (Å²) in [5, 5.41) is 6.06. The van der Waals surface area contributed by atoms with Crippen molar-refractivity contribution >= 4 is 28.2 Å². The van der Waals surface area contributed by atoms with E-state index in [1.165, 1.54) is 0 Å². The van der Waals surface area contributed by atoms with E-state index < -0.39 is 0 Å². The van der Waals surface area contributed by atoms with Crippen LogP contribution in [-0.2, 0) is 17.6 Å². The van der Waals surface area contributed by atoms with Crippen LogP contribution in [0.1, 0.15) is 41.2 Å². The number of aromatic nitrogens is 2. The average molecular weight is 343 g/mol. The fraction of sp³-hybridized carbons (Fsp3) is 0.389. The van der Waals surface area contributed by atoms with Gasteiger partial charge in [-0.3, -0.25) is 4.79 Å². The van der Waals surface area contributed by atoms with Crippen molar-refractivity contribution in [1.82, 2.24) is 15.0 Å². The zero-order chi connectivity index (χ0) is 17.3. The number of likely N-dealkylation sites (N-methyl/N-ethyl adjacent to an activating group) is 1. The maximum Gasteiger partial charge on any atom is 0.229 e. The van der Waals surface area contributed by atoms with Gasteiger partial charge >= 0.3 is 0 Å². The summed E-state index contributed by atoms with van der Waals surface area (Å²) in [6, 6.07) is 7.60. The topological polar surface area (TPSA) is 59.2 Å². The fourth-order valence-corrected chi connectivity index (χ4v) is 3.83. The highest BCUT2D eigenvalue weighted by Crippen LogP contribution is 2.29. The first kappa shape index (κ1) is 16.6. The van der Waals surface area contributed by atoms with Gasteiger partial charge in [-0.05, 0) is 32.4 Å². The number of hydrogen-bond acceptors (Lipinski definition) is 5. The number of rotatable bonds is 5. The molecule has 6 heteroatoms. The van der Waals surface area contributed by atoms with Gasteiger partial charge in [-0.2, -0.15) is 0 Å². The van der Waals surface area contributed by atoms with Crippen LogP contribution in [0, 0.1) is 6.92 Å². The third-order valence-corrected chi connectivity index (χ3v) is 5.78. The van der Waals surface area contributed by atoms with Crippen LogP contribution in [0.2, 0.25) is 0 Å². The molecule has 0 aliphatic carbocycles. The predicted molar refractivity (Wildman–Crippen MR) is 95.1 cm³/mol. The third kappa shape index (κ3) is 3.06. The zero-order valence-electron chi connectivity index (χ0n) is 14.4. The molecule has 1 aromatic carbocycles. The molecule has 3 rings (SSSR count). The van der Waals surface area contributed by atoms with E-state index in [0.29, 0.717) is 11.3 Å². The number of amides is 1. The summed E-state index contributed by atoms with van der Waals surface area (Å²) < 4.78 is 5.28. The van der Waals surface area contributed by atoms with Crippen LogP contribution in [0.25, 0.3) is 11.0 Å². The Bertz CT molecular complexity index is 868. The molecule has 1 atom stereocenters. The quantitative estimate of drug-likeness (QED) is 0.704. The summed E-state index contributed by atoms with van der Waals surface area (Å²) in [7, 11) is 1.83. The van der Waals surface area contributed by atoms with Gasteiger partial charge in [0.25, 0.3) is 0 Å². The maximum atomic E-state index is 12.7. The summed E-state index contributed by atoms with van der Waals surface area (Å²) in [4.78, 5) is 20.2. The molecule has 0 unspecified atom stereocenters. The summed E-state index contributed by atoms with van der Waals surface area (Å²) in [5.74, 6) is 0.0207. The Morgan fingerprint density at radius 2 is 2.12 bits per heavy atom. The molecule has 2 aromatic heterocycles. The number of nitrogens with zero attached hydrogens (tertiary/aromatic N) is 3. The van der Waals surface area contributed by atoms with E-state index in [-0.39, 0.29) is 18.4 Å². The minimum absolute atomic E-state index is 0.00605. The first-order valence-electron chi connectivity index (χ1n) is 8.06. The highest BCUT2D eigenvalue weighted by molar-refractivity contribution is 7.11. The van der Waals surface area contributed by atoms with Crippen LogP contribution in [0.15, 0.2) is 28.8 Å². The standard InChI is InChI=1S/C18H21N3O2S/c1-5-16-19-11(2)18(24-16)12(3)21(4)17(22)10-14-13-8-6-7-9-15(13)23-20-14/h6-9,12H,5,10H2,1-4H3/t12-/m1/s1. The molecular formula is C18H21N3O2S. The molecule has 24 heavy (non-hydrogen) atoms. The number of aryl methyl sites for hydroxylation is 2. The summed E-state index contributed by atoms with van der Waals surface area (Å²) in [6.45, 7) is 6.14. The Hall–Kier alpha value is -2.21. The summed E-state index contributed by atoms with van der Waals surface area (Å²) >= 11 is 1.68. The first-order chi connectivity index (χ1) is 11.5. The Kier molecular flexibility index (Phi) is 4.66. The van der Waals surface area contributed by atoms with Gasteiger partial charge in [0, 0.05) is 17.3 Å². The van der Waals surface area contributed by atoms with Crippen molar-refractivity contribution < 1.29 is 9.32 Å². The minimum atomic E-state index is -0.00605. The molecule has 0 N–H and O–H groups in total. The van der Waals surface area contributed by atoms with Crippen LogP contribution < -0.4 is 0 Å². The zero-order valence-corrected chi connectivity index (χ0v) is 15.2. The molecule has 126 valence electrons. The molecule has 0 saturated carbocycles. The van der Waals surface area contributed by atoms with Crippen LogP contribution in [0.5, 0.6) is 0 Å². The SMILES string of the molecule is CCc1nc(C)c([C@@H](C)N(C)C(=O)Cc2noc3ccccc23)s1. The van der Waals surface area contributed by atoms with Gasteiger partial charge in [0.1, 0.15) is 5.69 Å². The molecular weight excluding hydrogens is 322 g/mol. The van der Waals surface area contributed by atoms with Gasteiger partial charge in [-0.15, -0.1) is 11.3 Å². The molecule has 0 bridgehead atoms. The van der Waals surface area contributed by atoms with Crippen LogP contribution in [0.4, 0.5) is 0 Å². The highest BCUT2D eigenvalue weighted by Gasteiger charge is 2.23. The largest absolute Gasteiger partial charge is 0.356 e. The van der Waals surface area contributed by atoms with E-state index in [4.69, 9.17) is 4.52 Å². The van der Waals surface area contributed by atoms with E-state index in [1.54, 1.807) is 16.2 Å². The highest BCUT2D eigenvalue weighted by atomic mass is 32.1. The van der Waals surface area contributed by atoms with Gasteiger partial charge in [-0.25, -0.2) is 4.98 Å². The van der Waals surface area contributed by atoms with E-state index in [9.17, 15) is 4.79 Å². The van der Waals surface area contributed by atoms with Crippen molar-refractivity contribution in [3.05, 3.63) is 45.5 Å². The molecule has 0 aliphatic rings. The number of carbonyl (C=O) groups excluding carboxylic acids is 1. The average Bonchev–Trinajstić information content (AvgIpc) is 3.17. The first-order valence-corrected chi connectivity index (χ1v) is 8.88. The van der Waals surface area contributed by atoms with Gasteiger partial charge in [-0.1, -0.05) is 24.2 Å². The maximum absolute atomic E-state index is 12.7. The Morgan fingerprint density at radius 1 is 1.38 bits per heavy atom. The van der Waals surface area contributed by atoms with Gasteiger partial charge in [0.05, 0.1) is 23.2 Å². The van der Waals surface area contributed by atoms with E-state index in [2.05, 4.69) is 17.1 Å². The lowest BCUT2D eigenvalue weighted by atomic mass is 10.1. The van der Waals surface area contributed by atoms with E-state index >= 15 is 0 Å². The lowest BCUT2D eigenvalue weighted by Crippen LogP contribution is -2.31. The lowest BCUT2D eigenvalue weighted by Gasteiger charge is -2.24. The molecule has 3 aromatic rings. The molecule has 5 nitrogen and oxygen atoms in total. The summed E-state index contributed by atoms with van der Waals surface area (Å²) in [6.07, 6.45) is 1.15. The molecule has 1 amide bonds. The second-order valence-electron chi connectivity index (χ2n) is 5.89. The molecule has 0 fully saturated rings. The Balaban J connectivity index is 1.77. The van der Waals surface area contributed by atoms with Crippen LogP contribution >= 0.6 is 11.3 Å². The Labute approximate surface area is 145 Å². The fourth-order valence-electron chi connectivity index (χ4n) is 2.73. The smallest absolute Gasteiger partial charge is 0.229 e. The molecule has 0 aliphatic heterocycles. The second kappa shape index (κ2) is 6.73. The monoisotopic (exact) mass is 343 g/mol. The normalized spacial score (nSPS) is 12.5. The van der Waals surface area contributed by atoms with Crippen molar-refractivity contribution in [1.29, 1.82) is 0 Å². The van der Waals surface area contributed by atoms with Crippen molar-refractivity contribution in [2.24, 2.45) is 0 Å². The molecule has 0 spiro atoms. The third-order valence-electron chi connectivity index (χ3n) is 4.30. The minimum Gasteiger partial charge on any atom is -0.356 e. The number of benzene rings is 1. The predicted octanol–water partition coefficient (Wildman–Crippen LogP) is 3.92. The Morgan fingerprint density at radius 3 is 2.83 bits per heavy atom. The number of fused-ring (bicyclic) bond motifs is 1. The molecule has 0 saturated heterocycles.